The summed E-state index contributed by atoms with van der Waals surface area (Å²) in [6.45, 7) is 10.6. The number of nitrogens with zero attached hydrogens (tertiary/aromatic N) is 1. The van der Waals surface area contributed by atoms with Crippen molar-refractivity contribution in [3.05, 3.63) is 0 Å². The molecule has 2 N–H and O–H groups in total. The lowest BCUT2D eigenvalue weighted by atomic mass is 9.69. The van der Waals surface area contributed by atoms with E-state index < -0.39 is 0 Å². The number of ether oxygens (including phenoxy) is 1. The van der Waals surface area contributed by atoms with Gasteiger partial charge in [0.05, 0.1) is 13.2 Å². The van der Waals surface area contributed by atoms with Crippen LogP contribution in [-0.2, 0) is 4.74 Å². The first-order valence-corrected chi connectivity index (χ1v) is 8.37. The van der Waals surface area contributed by atoms with E-state index in [4.69, 9.17) is 4.74 Å². The van der Waals surface area contributed by atoms with Gasteiger partial charge in [-0.25, -0.2) is 0 Å². The average Bonchev–Trinajstić information content (AvgIpc) is 2.43. The summed E-state index contributed by atoms with van der Waals surface area (Å²) < 4.78 is 5.13. The van der Waals surface area contributed by atoms with Gasteiger partial charge in [-0.15, -0.1) is 0 Å². The van der Waals surface area contributed by atoms with Gasteiger partial charge in [0.2, 0.25) is 0 Å². The predicted octanol–water partition coefficient (Wildman–Crippen LogP) is 2.12. The molecular weight excluding hydrogens is 264 g/mol. The molecule has 0 aromatic carbocycles. The molecule has 0 bridgehead atoms. The predicted molar refractivity (Wildman–Crippen MR) is 88.6 cm³/mol. The molecule has 0 saturated heterocycles. The summed E-state index contributed by atoms with van der Waals surface area (Å²) in [5.41, 5.74) is 0.173. The smallest absolute Gasteiger partial charge is 0.0609 e. The monoisotopic (exact) mass is 300 g/mol. The number of hydrogen-bond donors (Lipinski definition) is 2. The largest absolute Gasteiger partial charge is 0.394 e. The van der Waals surface area contributed by atoms with Crippen LogP contribution in [0.3, 0.4) is 0 Å². The van der Waals surface area contributed by atoms with E-state index in [2.05, 4.69) is 38.0 Å². The van der Waals surface area contributed by atoms with Crippen molar-refractivity contribution in [2.24, 2.45) is 11.3 Å². The molecular formula is C17H36N2O2. The van der Waals surface area contributed by atoms with Gasteiger partial charge in [-0.2, -0.15) is 0 Å². The summed E-state index contributed by atoms with van der Waals surface area (Å²) in [5, 5.41) is 13.2. The van der Waals surface area contributed by atoms with E-state index in [-0.39, 0.29) is 12.1 Å². The maximum Gasteiger partial charge on any atom is 0.0609 e. The number of hydrogen-bond acceptors (Lipinski definition) is 4. The van der Waals surface area contributed by atoms with E-state index in [1.807, 2.05) is 0 Å². The second kappa shape index (κ2) is 8.47. The van der Waals surface area contributed by atoms with Gasteiger partial charge in [0.15, 0.2) is 0 Å². The third-order valence-corrected chi connectivity index (χ3v) is 5.16. The van der Waals surface area contributed by atoms with Crippen molar-refractivity contribution in [2.45, 2.75) is 52.0 Å². The minimum Gasteiger partial charge on any atom is -0.394 e. The zero-order valence-electron chi connectivity index (χ0n) is 14.7. The van der Waals surface area contributed by atoms with Gasteiger partial charge in [-0.1, -0.05) is 19.8 Å². The van der Waals surface area contributed by atoms with Crippen LogP contribution in [-0.4, -0.2) is 62.6 Å². The van der Waals surface area contributed by atoms with E-state index in [9.17, 15) is 5.11 Å². The van der Waals surface area contributed by atoms with Gasteiger partial charge in [0.25, 0.3) is 0 Å². The van der Waals surface area contributed by atoms with Crippen LogP contribution in [0.25, 0.3) is 0 Å². The first-order chi connectivity index (χ1) is 9.85. The third-order valence-electron chi connectivity index (χ3n) is 5.16. The van der Waals surface area contributed by atoms with Gasteiger partial charge < -0.3 is 15.2 Å². The summed E-state index contributed by atoms with van der Waals surface area (Å²) >= 11 is 0. The highest BCUT2D eigenvalue weighted by Gasteiger charge is 2.38. The molecule has 2 unspecified atom stereocenters. The molecule has 21 heavy (non-hydrogen) atoms. The number of likely N-dealkylation sites (N-methyl/N-ethyl adjacent to an activating group) is 1. The van der Waals surface area contributed by atoms with Crippen molar-refractivity contribution in [1.29, 1.82) is 0 Å². The topological polar surface area (TPSA) is 44.7 Å². The first-order valence-electron chi connectivity index (χ1n) is 8.37. The highest BCUT2D eigenvalue weighted by Crippen LogP contribution is 2.40. The fourth-order valence-electron chi connectivity index (χ4n) is 3.49. The Morgan fingerprint density at radius 1 is 1.43 bits per heavy atom. The minimum atomic E-state index is -0.153. The van der Waals surface area contributed by atoms with E-state index in [0.29, 0.717) is 5.41 Å². The molecule has 1 saturated carbocycles. The van der Waals surface area contributed by atoms with E-state index in [1.54, 1.807) is 7.11 Å². The van der Waals surface area contributed by atoms with Gasteiger partial charge in [-0.05, 0) is 45.1 Å². The molecule has 0 heterocycles. The maximum atomic E-state index is 9.60. The van der Waals surface area contributed by atoms with Gasteiger partial charge >= 0.3 is 0 Å². The quantitative estimate of drug-likeness (QED) is 0.640. The van der Waals surface area contributed by atoms with Crippen molar-refractivity contribution in [3.63, 3.8) is 0 Å². The molecule has 1 fully saturated rings. The molecule has 4 nitrogen and oxygen atoms in total. The van der Waals surface area contributed by atoms with Crippen molar-refractivity contribution < 1.29 is 9.84 Å². The summed E-state index contributed by atoms with van der Waals surface area (Å²) in [5.74, 6) is 0.800. The summed E-state index contributed by atoms with van der Waals surface area (Å²) in [6, 6.07) is 0. The molecule has 1 aliphatic rings. The van der Waals surface area contributed by atoms with Gasteiger partial charge in [0.1, 0.15) is 0 Å². The Kier molecular flexibility index (Phi) is 7.62. The van der Waals surface area contributed by atoms with Crippen LogP contribution in [0.15, 0.2) is 0 Å². The van der Waals surface area contributed by atoms with Crippen molar-refractivity contribution in [1.82, 2.24) is 10.2 Å². The van der Waals surface area contributed by atoms with Crippen molar-refractivity contribution in [3.8, 4) is 0 Å². The molecule has 1 aliphatic carbocycles. The number of methoxy groups -OCH3 is 1. The standard InChI is InChI=1S/C17H36N2O2/c1-15-7-6-8-17(11-15,12-18-9-10-21-5)13-19(4)16(2,3)14-20/h15,18,20H,6-14H2,1-5H3. The third kappa shape index (κ3) is 5.85. The van der Waals surface area contributed by atoms with Gasteiger partial charge in [-0.3, -0.25) is 4.90 Å². The first kappa shape index (κ1) is 18.9. The lowest BCUT2D eigenvalue weighted by Crippen LogP contribution is -2.53. The van der Waals surface area contributed by atoms with Crippen LogP contribution in [0, 0.1) is 11.3 Å². The summed E-state index contributed by atoms with van der Waals surface area (Å²) in [7, 11) is 3.89. The Labute approximate surface area is 131 Å². The second-order valence-corrected chi connectivity index (χ2v) is 7.70. The van der Waals surface area contributed by atoms with Crippen LogP contribution >= 0.6 is 0 Å². The molecule has 0 aromatic rings. The molecule has 0 aliphatic heterocycles. The lowest BCUT2D eigenvalue weighted by Gasteiger charge is -2.46. The molecule has 2 atom stereocenters. The molecule has 126 valence electrons. The second-order valence-electron chi connectivity index (χ2n) is 7.70. The average molecular weight is 300 g/mol. The Morgan fingerprint density at radius 2 is 2.14 bits per heavy atom. The molecule has 0 amide bonds. The van der Waals surface area contributed by atoms with Crippen LogP contribution in [0.1, 0.15) is 46.5 Å². The maximum absolute atomic E-state index is 9.60. The van der Waals surface area contributed by atoms with Crippen LogP contribution in [0.2, 0.25) is 0 Å². The van der Waals surface area contributed by atoms with Crippen LogP contribution in [0.5, 0.6) is 0 Å². The van der Waals surface area contributed by atoms with Crippen LogP contribution in [0.4, 0.5) is 0 Å². The highest BCUT2D eigenvalue weighted by atomic mass is 16.5. The fourth-order valence-corrected chi connectivity index (χ4v) is 3.49. The van der Waals surface area contributed by atoms with Crippen LogP contribution < -0.4 is 5.32 Å². The summed E-state index contributed by atoms with van der Waals surface area (Å²) in [6.07, 6.45) is 5.23. The number of aliphatic hydroxyl groups excluding tert-OH is 1. The zero-order chi connectivity index (χ0) is 15.9. The molecule has 0 radical (unpaired) electrons. The molecule has 0 spiro atoms. The fraction of sp³-hybridized carbons (Fsp3) is 1.00. The zero-order valence-corrected chi connectivity index (χ0v) is 14.7. The molecule has 1 rings (SSSR count). The highest BCUT2D eigenvalue weighted by molar-refractivity contribution is 4.92. The molecule has 0 aromatic heterocycles. The Hall–Kier alpha value is -0.160. The lowest BCUT2D eigenvalue weighted by molar-refractivity contribution is 0.0168. The SMILES string of the molecule is COCCNCC1(CN(C)C(C)(C)CO)CCCC(C)C1. The van der Waals surface area contributed by atoms with Gasteiger partial charge in [0, 0.05) is 32.3 Å². The van der Waals surface area contributed by atoms with E-state index in [0.717, 1.165) is 32.2 Å². The Balaban J connectivity index is 2.67. The normalized spacial score (nSPS) is 27.3. The van der Waals surface area contributed by atoms with Crippen molar-refractivity contribution >= 4 is 0 Å². The number of aliphatic hydroxyl groups is 1. The molecule has 4 heteroatoms. The summed E-state index contributed by atoms with van der Waals surface area (Å²) in [4.78, 5) is 2.34. The Bertz CT molecular complexity index is 297. The minimum absolute atomic E-state index is 0.153. The number of nitrogens with one attached hydrogen (secondary N) is 1. The van der Waals surface area contributed by atoms with E-state index in [1.165, 1.54) is 25.7 Å². The van der Waals surface area contributed by atoms with E-state index >= 15 is 0 Å². The number of rotatable bonds is 9. The van der Waals surface area contributed by atoms with Crippen molar-refractivity contribution in [2.75, 3.05) is 47.0 Å². The Morgan fingerprint density at radius 3 is 2.71 bits per heavy atom.